The zero-order chi connectivity index (χ0) is 15.1. The molecule has 2 aromatic rings. The van der Waals surface area contributed by atoms with Gasteiger partial charge in [-0.25, -0.2) is 0 Å². The van der Waals surface area contributed by atoms with E-state index in [1.54, 1.807) is 6.33 Å². The minimum Gasteiger partial charge on any atom is -0.311 e. The summed E-state index contributed by atoms with van der Waals surface area (Å²) >= 11 is 7.44. The minimum atomic E-state index is -0.0858. The summed E-state index contributed by atoms with van der Waals surface area (Å²) in [6.45, 7) is 0.732. The second kappa shape index (κ2) is 5.59. The summed E-state index contributed by atoms with van der Waals surface area (Å²) in [5.41, 5.74) is 0.904. The van der Waals surface area contributed by atoms with Gasteiger partial charge in [0.25, 0.3) is 0 Å². The van der Waals surface area contributed by atoms with Crippen LogP contribution < -0.4 is 4.90 Å². The van der Waals surface area contributed by atoms with Gasteiger partial charge in [0.15, 0.2) is 5.16 Å². The number of thioether (sulfide) groups is 1. The summed E-state index contributed by atoms with van der Waals surface area (Å²) < 4.78 is 2.10. The topological polar surface area (TPSA) is 51.0 Å². The quantitative estimate of drug-likeness (QED) is 0.861. The Labute approximate surface area is 137 Å². The molecule has 1 amide bonds. The molecule has 0 spiro atoms. The van der Waals surface area contributed by atoms with Crippen molar-refractivity contribution in [2.75, 3.05) is 11.4 Å². The number of aromatic nitrogens is 3. The zero-order valence-electron chi connectivity index (χ0n) is 11.9. The molecule has 1 aliphatic heterocycles. The Morgan fingerprint density at radius 2 is 1.95 bits per heavy atom. The van der Waals surface area contributed by atoms with Crippen molar-refractivity contribution < 1.29 is 4.79 Å². The van der Waals surface area contributed by atoms with Crippen LogP contribution in [-0.2, 0) is 4.79 Å². The van der Waals surface area contributed by atoms with Gasteiger partial charge in [0.05, 0.1) is 5.25 Å². The summed E-state index contributed by atoms with van der Waals surface area (Å²) in [5, 5.41) is 9.62. The Hall–Kier alpha value is -1.53. The van der Waals surface area contributed by atoms with Gasteiger partial charge in [-0.2, -0.15) is 0 Å². The van der Waals surface area contributed by atoms with E-state index in [9.17, 15) is 4.79 Å². The molecule has 0 bridgehead atoms. The number of carbonyl (C=O) groups is 1. The van der Waals surface area contributed by atoms with Crippen molar-refractivity contribution >= 4 is 35.0 Å². The van der Waals surface area contributed by atoms with Gasteiger partial charge >= 0.3 is 0 Å². The lowest BCUT2D eigenvalue weighted by atomic mass is 10.3. The van der Waals surface area contributed by atoms with Crippen molar-refractivity contribution in [2.24, 2.45) is 0 Å². The third kappa shape index (κ3) is 2.61. The van der Waals surface area contributed by atoms with Crippen LogP contribution in [0.4, 0.5) is 5.69 Å². The molecule has 0 radical (unpaired) electrons. The number of benzene rings is 1. The fourth-order valence-electron chi connectivity index (χ4n) is 2.69. The lowest BCUT2D eigenvalue weighted by molar-refractivity contribution is -0.116. The molecule has 4 rings (SSSR count). The highest BCUT2D eigenvalue weighted by molar-refractivity contribution is 8.00. The second-order valence-electron chi connectivity index (χ2n) is 5.61. The Balaban J connectivity index is 1.49. The van der Waals surface area contributed by atoms with E-state index < -0.39 is 0 Å². The molecule has 1 saturated heterocycles. The largest absolute Gasteiger partial charge is 0.311 e. The van der Waals surface area contributed by atoms with Crippen molar-refractivity contribution in [1.82, 2.24) is 14.8 Å². The third-order valence-electron chi connectivity index (χ3n) is 4.02. The number of nitrogens with zero attached hydrogens (tertiary/aromatic N) is 4. The number of anilines is 1. The van der Waals surface area contributed by atoms with Crippen LogP contribution in [0, 0.1) is 0 Å². The van der Waals surface area contributed by atoms with E-state index in [0.717, 1.165) is 23.8 Å². The van der Waals surface area contributed by atoms with Crippen LogP contribution in [0.15, 0.2) is 35.7 Å². The summed E-state index contributed by atoms with van der Waals surface area (Å²) in [5.74, 6) is 0.137. The lowest BCUT2D eigenvalue weighted by Gasteiger charge is -2.16. The monoisotopic (exact) mass is 334 g/mol. The Morgan fingerprint density at radius 3 is 2.68 bits per heavy atom. The zero-order valence-corrected chi connectivity index (χ0v) is 13.4. The second-order valence-corrected chi connectivity index (χ2v) is 7.22. The highest BCUT2D eigenvalue weighted by Crippen LogP contribution is 2.39. The maximum atomic E-state index is 12.6. The summed E-state index contributed by atoms with van der Waals surface area (Å²) in [4.78, 5) is 14.5. The first-order chi connectivity index (χ1) is 10.7. The maximum Gasteiger partial charge on any atom is 0.240 e. The molecular weight excluding hydrogens is 320 g/mol. The highest BCUT2D eigenvalue weighted by Gasteiger charge is 2.35. The van der Waals surface area contributed by atoms with Gasteiger partial charge in [-0.15, -0.1) is 10.2 Å². The van der Waals surface area contributed by atoms with Crippen molar-refractivity contribution in [1.29, 1.82) is 0 Å². The van der Waals surface area contributed by atoms with Gasteiger partial charge < -0.3 is 9.47 Å². The number of amides is 1. The van der Waals surface area contributed by atoms with Crippen molar-refractivity contribution in [3.05, 3.63) is 35.6 Å². The molecule has 1 aliphatic carbocycles. The van der Waals surface area contributed by atoms with Crippen molar-refractivity contribution in [2.45, 2.75) is 35.7 Å². The van der Waals surface area contributed by atoms with Crippen LogP contribution in [0.25, 0.3) is 0 Å². The third-order valence-corrected chi connectivity index (χ3v) is 5.50. The first-order valence-electron chi connectivity index (χ1n) is 7.35. The van der Waals surface area contributed by atoms with Gasteiger partial charge in [-0.3, -0.25) is 4.79 Å². The normalized spacial score (nSPS) is 21.6. The molecule has 1 unspecified atom stereocenters. The van der Waals surface area contributed by atoms with E-state index in [0.29, 0.717) is 11.1 Å². The molecule has 1 saturated carbocycles. The van der Waals surface area contributed by atoms with Crippen LogP contribution in [0.2, 0.25) is 5.02 Å². The van der Waals surface area contributed by atoms with Crippen molar-refractivity contribution in [3.8, 4) is 0 Å². The molecule has 2 fully saturated rings. The first-order valence-corrected chi connectivity index (χ1v) is 8.61. The van der Waals surface area contributed by atoms with Gasteiger partial charge in [0, 0.05) is 23.3 Å². The Kier molecular flexibility index (Phi) is 3.58. The van der Waals surface area contributed by atoms with E-state index in [1.165, 1.54) is 24.6 Å². The fraction of sp³-hybridized carbons (Fsp3) is 0.400. The number of halogens is 1. The van der Waals surface area contributed by atoms with Gasteiger partial charge in [0.1, 0.15) is 6.33 Å². The maximum absolute atomic E-state index is 12.6. The number of hydrogen-bond donors (Lipinski definition) is 0. The Morgan fingerprint density at radius 1 is 1.18 bits per heavy atom. The van der Waals surface area contributed by atoms with Crippen LogP contribution in [0.5, 0.6) is 0 Å². The van der Waals surface area contributed by atoms with Gasteiger partial charge in [0.2, 0.25) is 5.91 Å². The summed E-state index contributed by atoms with van der Waals surface area (Å²) in [6, 6.07) is 7.93. The summed E-state index contributed by atoms with van der Waals surface area (Å²) in [6.07, 6.45) is 4.96. The van der Waals surface area contributed by atoms with E-state index in [-0.39, 0.29) is 11.2 Å². The average molecular weight is 335 g/mol. The van der Waals surface area contributed by atoms with Gasteiger partial charge in [-0.05, 0) is 43.5 Å². The molecule has 1 aromatic heterocycles. The molecule has 2 aliphatic rings. The SMILES string of the molecule is O=C1C(Sc2nncn2C2CC2)CCN1c1ccc(Cl)cc1. The predicted octanol–water partition coefficient (Wildman–Crippen LogP) is 3.16. The molecule has 114 valence electrons. The molecule has 5 nitrogen and oxygen atoms in total. The van der Waals surface area contributed by atoms with Crippen LogP contribution in [0.3, 0.4) is 0 Å². The fourth-order valence-corrected chi connectivity index (χ4v) is 3.93. The van der Waals surface area contributed by atoms with Crippen molar-refractivity contribution in [3.63, 3.8) is 0 Å². The number of hydrogen-bond acceptors (Lipinski definition) is 4. The molecule has 0 N–H and O–H groups in total. The first kappa shape index (κ1) is 14.1. The molecule has 1 aromatic carbocycles. The summed E-state index contributed by atoms with van der Waals surface area (Å²) in [7, 11) is 0. The van der Waals surface area contributed by atoms with Gasteiger partial charge in [-0.1, -0.05) is 23.4 Å². The van der Waals surface area contributed by atoms with E-state index in [2.05, 4.69) is 14.8 Å². The molecule has 7 heteroatoms. The van der Waals surface area contributed by atoms with E-state index >= 15 is 0 Å². The Bertz CT molecular complexity index is 698. The molecule has 2 heterocycles. The van der Waals surface area contributed by atoms with E-state index in [1.807, 2.05) is 29.2 Å². The lowest BCUT2D eigenvalue weighted by Crippen LogP contribution is -2.28. The van der Waals surface area contributed by atoms with Crippen LogP contribution >= 0.6 is 23.4 Å². The number of carbonyl (C=O) groups excluding carboxylic acids is 1. The smallest absolute Gasteiger partial charge is 0.240 e. The standard InChI is InChI=1S/C15H15ClN4OS/c16-10-1-3-11(4-2-10)19-8-7-13(14(19)21)22-15-18-17-9-20(15)12-5-6-12/h1-4,9,12-13H,5-8H2. The average Bonchev–Trinajstić information content (AvgIpc) is 3.16. The van der Waals surface area contributed by atoms with Crippen LogP contribution in [0.1, 0.15) is 25.3 Å². The molecule has 22 heavy (non-hydrogen) atoms. The molecule has 1 atom stereocenters. The highest BCUT2D eigenvalue weighted by atomic mass is 35.5. The minimum absolute atomic E-state index is 0.0858. The molecular formula is C15H15ClN4OS. The predicted molar refractivity (Wildman–Crippen MR) is 86.4 cm³/mol. The number of rotatable bonds is 4. The van der Waals surface area contributed by atoms with E-state index in [4.69, 9.17) is 11.6 Å². The van der Waals surface area contributed by atoms with Crippen LogP contribution in [-0.4, -0.2) is 32.5 Å².